The fraction of sp³-hybridized carbons (Fsp3) is 0.583. The van der Waals surface area contributed by atoms with Gasteiger partial charge in [-0.25, -0.2) is 4.98 Å². The first kappa shape index (κ1) is 15.8. The lowest BCUT2D eigenvalue weighted by atomic mass is 9.90. The summed E-state index contributed by atoms with van der Waals surface area (Å²) in [7, 11) is 0. The molecule has 0 amide bonds. The zero-order valence-electron chi connectivity index (χ0n) is 11.2. The molecular weight excluding hydrogens is 314 g/mol. The van der Waals surface area contributed by atoms with Crippen molar-refractivity contribution in [2.75, 3.05) is 18.5 Å². The molecule has 6 nitrogen and oxygen atoms in total. The van der Waals surface area contributed by atoms with Gasteiger partial charge in [-0.2, -0.15) is 0 Å². The number of halogens is 1. The number of aliphatic hydroxyl groups is 1. The van der Waals surface area contributed by atoms with E-state index in [0.29, 0.717) is 28.8 Å². The Hall–Kier alpha value is -1.21. The summed E-state index contributed by atoms with van der Waals surface area (Å²) >= 11 is 3.33. The minimum Gasteiger partial charge on any atom is -0.396 e. The van der Waals surface area contributed by atoms with Gasteiger partial charge in [-0.3, -0.25) is 10.1 Å². The molecule has 0 saturated heterocycles. The highest BCUT2D eigenvalue weighted by atomic mass is 79.9. The summed E-state index contributed by atoms with van der Waals surface area (Å²) in [6.45, 7) is 6.48. The number of aromatic nitrogens is 1. The third-order valence-electron chi connectivity index (χ3n) is 2.96. The monoisotopic (exact) mass is 331 g/mol. The lowest BCUT2D eigenvalue weighted by Crippen LogP contribution is -2.24. The fourth-order valence-corrected chi connectivity index (χ4v) is 2.04. The molecule has 1 heterocycles. The third-order valence-corrected chi connectivity index (χ3v) is 3.93. The summed E-state index contributed by atoms with van der Waals surface area (Å²) in [4.78, 5) is 14.4. The smallest absolute Gasteiger partial charge is 0.291 e. The van der Waals surface area contributed by atoms with E-state index in [4.69, 9.17) is 5.11 Å². The van der Waals surface area contributed by atoms with Crippen molar-refractivity contribution in [3.8, 4) is 0 Å². The molecule has 0 fully saturated rings. The van der Waals surface area contributed by atoms with Crippen LogP contribution in [0.15, 0.2) is 10.7 Å². The Labute approximate surface area is 120 Å². The molecule has 19 heavy (non-hydrogen) atoms. The molecule has 0 radical (unpaired) electrons. The molecule has 0 saturated carbocycles. The Bertz CT molecular complexity index is 478. The Balaban J connectivity index is 2.87. The lowest BCUT2D eigenvalue weighted by Gasteiger charge is -2.24. The van der Waals surface area contributed by atoms with Crippen molar-refractivity contribution in [1.82, 2.24) is 4.98 Å². The third kappa shape index (κ3) is 4.14. The van der Waals surface area contributed by atoms with Gasteiger partial charge in [-0.15, -0.1) is 0 Å². The molecule has 1 aromatic rings. The molecule has 106 valence electrons. The number of nitrogens with one attached hydrogen (secondary N) is 1. The van der Waals surface area contributed by atoms with E-state index in [1.165, 1.54) is 6.20 Å². The SMILES string of the molecule is Cc1c([N+](=O)[O-])cnc(NCC(C)(C)CCO)c1Br. The highest BCUT2D eigenvalue weighted by Gasteiger charge is 2.20. The van der Waals surface area contributed by atoms with Gasteiger partial charge >= 0.3 is 0 Å². The van der Waals surface area contributed by atoms with Crippen molar-refractivity contribution in [3.05, 3.63) is 26.3 Å². The first-order chi connectivity index (χ1) is 8.78. The van der Waals surface area contributed by atoms with Gasteiger partial charge in [0.25, 0.3) is 5.69 Å². The van der Waals surface area contributed by atoms with Crippen LogP contribution in [0.3, 0.4) is 0 Å². The van der Waals surface area contributed by atoms with Crippen molar-refractivity contribution < 1.29 is 10.0 Å². The van der Waals surface area contributed by atoms with Gasteiger partial charge in [-0.05, 0) is 34.7 Å². The average Bonchev–Trinajstić information content (AvgIpc) is 2.30. The summed E-state index contributed by atoms with van der Waals surface area (Å²) in [6, 6.07) is 0. The van der Waals surface area contributed by atoms with Crippen LogP contribution in [0, 0.1) is 22.5 Å². The Kier molecular flexibility index (Phi) is 5.25. The first-order valence-electron chi connectivity index (χ1n) is 5.93. The van der Waals surface area contributed by atoms with Crippen LogP contribution in [0.4, 0.5) is 11.5 Å². The maximum Gasteiger partial charge on any atom is 0.291 e. The van der Waals surface area contributed by atoms with Crippen molar-refractivity contribution in [1.29, 1.82) is 0 Å². The number of nitro groups is 1. The van der Waals surface area contributed by atoms with E-state index in [0.717, 1.165) is 0 Å². The van der Waals surface area contributed by atoms with Gasteiger partial charge in [-0.1, -0.05) is 13.8 Å². The van der Waals surface area contributed by atoms with Gasteiger partial charge in [0, 0.05) is 18.7 Å². The van der Waals surface area contributed by atoms with Gasteiger partial charge in [0.1, 0.15) is 12.0 Å². The normalized spacial score (nSPS) is 11.4. The van der Waals surface area contributed by atoms with Crippen LogP contribution in [0.5, 0.6) is 0 Å². The van der Waals surface area contributed by atoms with Crippen LogP contribution in [-0.4, -0.2) is 28.2 Å². The van der Waals surface area contributed by atoms with E-state index in [1.807, 2.05) is 13.8 Å². The number of pyridine rings is 1. The van der Waals surface area contributed by atoms with Crippen LogP contribution in [0.2, 0.25) is 0 Å². The number of aliphatic hydroxyl groups excluding tert-OH is 1. The summed E-state index contributed by atoms with van der Waals surface area (Å²) in [6.07, 6.45) is 1.92. The van der Waals surface area contributed by atoms with E-state index in [2.05, 4.69) is 26.2 Å². The van der Waals surface area contributed by atoms with E-state index in [-0.39, 0.29) is 17.7 Å². The number of hydrogen-bond donors (Lipinski definition) is 2. The molecule has 0 aliphatic heterocycles. The van der Waals surface area contributed by atoms with Crippen LogP contribution in [-0.2, 0) is 0 Å². The largest absolute Gasteiger partial charge is 0.396 e. The maximum atomic E-state index is 10.8. The summed E-state index contributed by atoms with van der Waals surface area (Å²) in [5.41, 5.74) is 0.459. The molecule has 0 bridgehead atoms. The Morgan fingerprint density at radius 3 is 2.74 bits per heavy atom. The number of hydrogen-bond acceptors (Lipinski definition) is 5. The fourth-order valence-electron chi connectivity index (χ4n) is 1.59. The average molecular weight is 332 g/mol. The van der Waals surface area contributed by atoms with Gasteiger partial charge in [0.05, 0.1) is 9.40 Å². The molecule has 1 aromatic heterocycles. The van der Waals surface area contributed by atoms with Crippen LogP contribution in [0.25, 0.3) is 0 Å². The van der Waals surface area contributed by atoms with E-state index in [1.54, 1.807) is 6.92 Å². The minimum atomic E-state index is -0.452. The Morgan fingerprint density at radius 1 is 1.58 bits per heavy atom. The predicted molar refractivity (Wildman–Crippen MR) is 77.3 cm³/mol. The van der Waals surface area contributed by atoms with E-state index in [9.17, 15) is 10.1 Å². The molecular formula is C12H18BrN3O3. The lowest BCUT2D eigenvalue weighted by molar-refractivity contribution is -0.385. The van der Waals surface area contributed by atoms with E-state index < -0.39 is 4.92 Å². The molecule has 0 spiro atoms. The quantitative estimate of drug-likeness (QED) is 0.618. The maximum absolute atomic E-state index is 10.8. The van der Waals surface area contributed by atoms with Crippen LogP contribution < -0.4 is 5.32 Å². The first-order valence-corrected chi connectivity index (χ1v) is 6.72. The second kappa shape index (κ2) is 6.29. The Morgan fingerprint density at radius 2 is 2.21 bits per heavy atom. The molecule has 2 N–H and O–H groups in total. The van der Waals surface area contributed by atoms with Crippen LogP contribution in [0.1, 0.15) is 25.8 Å². The van der Waals surface area contributed by atoms with Gasteiger partial charge in [0.15, 0.2) is 0 Å². The zero-order chi connectivity index (χ0) is 14.6. The summed E-state index contributed by atoms with van der Waals surface area (Å²) < 4.78 is 0.599. The molecule has 0 aliphatic rings. The highest BCUT2D eigenvalue weighted by molar-refractivity contribution is 9.10. The highest BCUT2D eigenvalue weighted by Crippen LogP contribution is 2.31. The standard InChI is InChI=1S/C12H18BrN3O3/c1-8-9(16(18)19)6-14-11(10(8)13)15-7-12(2,3)4-5-17/h6,17H,4-5,7H2,1-3H3,(H,14,15). The molecule has 0 aromatic carbocycles. The second-order valence-corrected chi connectivity index (χ2v) is 5.97. The van der Waals surface area contributed by atoms with Crippen molar-refractivity contribution in [2.45, 2.75) is 27.2 Å². The van der Waals surface area contributed by atoms with Crippen molar-refractivity contribution >= 4 is 27.4 Å². The minimum absolute atomic E-state index is 0.00737. The summed E-state index contributed by atoms with van der Waals surface area (Å²) in [5, 5.41) is 22.9. The molecule has 0 aliphatic carbocycles. The van der Waals surface area contributed by atoms with Gasteiger partial charge in [0.2, 0.25) is 0 Å². The van der Waals surface area contributed by atoms with Crippen LogP contribution >= 0.6 is 15.9 Å². The van der Waals surface area contributed by atoms with Crippen molar-refractivity contribution in [3.63, 3.8) is 0 Å². The molecule has 0 atom stereocenters. The molecule has 0 unspecified atom stereocenters. The van der Waals surface area contributed by atoms with Gasteiger partial charge < -0.3 is 10.4 Å². The number of rotatable bonds is 6. The topological polar surface area (TPSA) is 88.3 Å². The molecule has 7 heteroatoms. The zero-order valence-corrected chi connectivity index (χ0v) is 12.8. The number of nitrogens with zero attached hydrogens (tertiary/aromatic N) is 2. The summed E-state index contributed by atoms with van der Waals surface area (Å²) in [5.74, 6) is 0.578. The molecule has 1 rings (SSSR count). The number of anilines is 1. The second-order valence-electron chi connectivity index (χ2n) is 5.18. The van der Waals surface area contributed by atoms with E-state index >= 15 is 0 Å². The predicted octanol–water partition coefficient (Wildman–Crippen LogP) is 2.88. The van der Waals surface area contributed by atoms with Crippen molar-refractivity contribution in [2.24, 2.45) is 5.41 Å².